The van der Waals surface area contributed by atoms with Crippen LogP contribution in [-0.4, -0.2) is 21.5 Å². The molecule has 0 aliphatic carbocycles. The zero-order valence-electron chi connectivity index (χ0n) is 20.1. The SMILES string of the molecule is Cc1nn(-c2ccccc2)c2c1[C@@H](c1cccs1)N1C(=N2)C(Nc2cc(Cl)cc(Cl)c2)=Nc2ccccc21. The lowest BCUT2D eigenvalue weighted by Crippen LogP contribution is -2.46. The molecule has 7 rings (SSSR count). The second-order valence-electron chi connectivity index (χ2n) is 9.03. The van der Waals surface area contributed by atoms with E-state index in [0.29, 0.717) is 21.7 Å². The molecule has 0 saturated carbocycles. The zero-order valence-corrected chi connectivity index (χ0v) is 22.5. The Kier molecular flexibility index (Phi) is 5.58. The van der Waals surface area contributed by atoms with Crippen molar-refractivity contribution in [2.45, 2.75) is 13.0 Å². The second-order valence-corrected chi connectivity index (χ2v) is 10.9. The third-order valence-electron chi connectivity index (χ3n) is 6.58. The highest BCUT2D eigenvalue weighted by Crippen LogP contribution is 2.49. The number of rotatable bonds is 3. The van der Waals surface area contributed by atoms with Crippen LogP contribution >= 0.6 is 34.5 Å². The Morgan fingerprint density at radius 1 is 0.868 bits per heavy atom. The van der Waals surface area contributed by atoms with Gasteiger partial charge in [0.2, 0.25) is 0 Å². The summed E-state index contributed by atoms with van der Waals surface area (Å²) in [7, 11) is 0. The molecule has 186 valence electrons. The van der Waals surface area contributed by atoms with Crippen LogP contribution in [0.4, 0.5) is 22.9 Å². The molecule has 2 aliphatic rings. The standard InChI is InChI=1S/C29H20Cl2N6S/c1-17-25-26(24-12-7-13-38-24)36-23-11-6-5-10-22(23)33-27(32-20-15-18(30)14-19(31)16-20)29(36)34-28(25)37(35-17)21-8-3-2-4-9-21/h2-16,26H,1H3,(H,32,33)/t26-/m1/s1. The average molecular weight is 555 g/mol. The lowest BCUT2D eigenvalue weighted by molar-refractivity contribution is 0.830. The largest absolute Gasteiger partial charge is 0.337 e. The number of nitrogens with zero attached hydrogens (tertiary/aromatic N) is 5. The number of hydrogen-bond acceptors (Lipinski definition) is 6. The van der Waals surface area contributed by atoms with E-state index in [9.17, 15) is 0 Å². The predicted molar refractivity (Wildman–Crippen MR) is 158 cm³/mol. The van der Waals surface area contributed by atoms with E-state index in [1.807, 2.05) is 65.3 Å². The number of para-hydroxylation sites is 3. The van der Waals surface area contributed by atoms with Crippen LogP contribution in [0.25, 0.3) is 5.69 Å². The lowest BCUT2D eigenvalue weighted by Gasteiger charge is -2.40. The molecule has 4 heterocycles. The Bertz CT molecular complexity index is 1720. The van der Waals surface area contributed by atoms with Gasteiger partial charge in [-0.25, -0.2) is 14.7 Å². The van der Waals surface area contributed by atoms with Crippen LogP contribution in [0.15, 0.2) is 100 Å². The highest BCUT2D eigenvalue weighted by atomic mass is 35.5. The Morgan fingerprint density at radius 3 is 2.39 bits per heavy atom. The molecule has 0 amide bonds. The van der Waals surface area contributed by atoms with Crippen LogP contribution in [0.3, 0.4) is 0 Å². The first-order chi connectivity index (χ1) is 18.6. The van der Waals surface area contributed by atoms with Gasteiger partial charge in [0.1, 0.15) is 6.04 Å². The third-order valence-corrected chi connectivity index (χ3v) is 7.94. The minimum absolute atomic E-state index is 0.133. The summed E-state index contributed by atoms with van der Waals surface area (Å²) in [5, 5.41) is 11.6. The average Bonchev–Trinajstić information content (AvgIpc) is 3.56. The van der Waals surface area contributed by atoms with Crippen LogP contribution in [-0.2, 0) is 0 Å². The van der Waals surface area contributed by atoms with Crippen molar-refractivity contribution in [2.24, 2.45) is 9.98 Å². The highest BCUT2D eigenvalue weighted by molar-refractivity contribution is 7.10. The summed E-state index contributed by atoms with van der Waals surface area (Å²) in [5.41, 5.74) is 5.51. The Balaban J connectivity index is 1.49. The molecule has 3 aromatic carbocycles. The molecule has 38 heavy (non-hydrogen) atoms. The van der Waals surface area contributed by atoms with E-state index in [1.54, 1.807) is 17.4 Å². The maximum atomic E-state index is 6.32. The molecule has 0 saturated heterocycles. The number of benzene rings is 3. The summed E-state index contributed by atoms with van der Waals surface area (Å²) in [6.07, 6.45) is 0. The maximum absolute atomic E-state index is 6.32. The summed E-state index contributed by atoms with van der Waals surface area (Å²) in [6.45, 7) is 2.05. The number of halogens is 2. The summed E-state index contributed by atoms with van der Waals surface area (Å²) in [4.78, 5) is 13.7. The predicted octanol–water partition coefficient (Wildman–Crippen LogP) is 8.34. The van der Waals surface area contributed by atoms with E-state index in [4.69, 9.17) is 38.3 Å². The van der Waals surface area contributed by atoms with Crippen LogP contribution in [0, 0.1) is 6.92 Å². The van der Waals surface area contributed by atoms with Gasteiger partial charge in [0.05, 0.1) is 22.8 Å². The van der Waals surface area contributed by atoms with Crippen molar-refractivity contribution in [3.05, 3.63) is 116 Å². The van der Waals surface area contributed by atoms with E-state index in [2.05, 4.69) is 40.7 Å². The van der Waals surface area contributed by atoms with Gasteiger partial charge in [-0.3, -0.25) is 0 Å². The van der Waals surface area contributed by atoms with Gasteiger partial charge >= 0.3 is 0 Å². The third kappa shape index (κ3) is 3.82. The number of aliphatic imine (C=N–C) groups is 2. The summed E-state index contributed by atoms with van der Waals surface area (Å²) >= 11 is 14.4. The smallest absolute Gasteiger partial charge is 0.179 e. The number of aryl methyl sites for hydroxylation is 1. The molecule has 0 radical (unpaired) electrons. The Morgan fingerprint density at radius 2 is 1.63 bits per heavy atom. The van der Waals surface area contributed by atoms with E-state index >= 15 is 0 Å². The second kappa shape index (κ2) is 9.13. The minimum Gasteiger partial charge on any atom is -0.337 e. The first-order valence-electron chi connectivity index (χ1n) is 12.0. The van der Waals surface area contributed by atoms with Gasteiger partial charge in [-0.1, -0.05) is 59.6 Å². The van der Waals surface area contributed by atoms with Gasteiger partial charge in [-0.2, -0.15) is 5.10 Å². The Labute approximate surface area is 233 Å². The molecule has 0 spiro atoms. The Hall–Kier alpha value is -3.91. The number of anilines is 2. The van der Waals surface area contributed by atoms with Crippen molar-refractivity contribution < 1.29 is 0 Å². The fourth-order valence-electron chi connectivity index (χ4n) is 5.03. The van der Waals surface area contributed by atoms with Gasteiger partial charge in [-0.15, -0.1) is 11.3 Å². The molecule has 0 fully saturated rings. The molecular formula is C29H20Cl2N6S. The lowest BCUT2D eigenvalue weighted by atomic mass is 9.98. The number of fused-ring (bicyclic) bond motifs is 4. The van der Waals surface area contributed by atoms with Crippen molar-refractivity contribution in [2.75, 3.05) is 10.2 Å². The van der Waals surface area contributed by atoms with E-state index in [0.717, 1.165) is 39.8 Å². The summed E-state index contributed by atoms with van der Waals surface area (Å²) < 4.78 is 1.92. The molecular weight excluding hydrogens is 535 g/mol. The minimum atomic E-state index is -0.133. The summed E-state index contributed by atoms with van der Waals surface area (Å²) in [6, 6.07) is 27.7. The van der Waals surface area contributed by atoms with Crippen molar-refractivity contribution in [1.82, 2.24) is 9.78 Å². The van der Waals surface area contributed by atoms with Gasteiger partial charge in [0.25, 0.3) is 0 Å². The molecule has 1 N–H and O–H groups in total. The normalized spacial score (nSPS) is 15.8. The zero-order chi connectivity index (χ0) is 25.8. The molecule has 0 bridgehead atoms. The number of hydrogen-bond donors (Lipinski definition) is 1. The van der Waals surface area contributed by atoms with E-state index in [-0.39, 0.29) is 6.04 Å². The van der Waals surface area contributed by atoms with Crippen LogP contribution in [0.5, 0.6) is 0 Å². The topological polar surface area (TPSA) is 57.8 Å². The van der Waals surface area contributed by atoms with Gasteiger partial charge in [0.15, 0.2) is 17.5 Å². The monoisotopic (exact) mass is 554 g/mol. The number of nitrogens with one attached hydrogen (secondary N) is 1. The number of thiophene rings is 1. The fraction of sp³-hybridized carbons (Fsp3) is 0.0690. The molecule has 6 nitrogen and oxygen atoms in total. The molecule has 5 aromatic rings. The first-order valence-corrected chi connectivity index (χ1v) is 13.7. The van der Waals surface area contributed by atoms with Crippen molar-refractivity contribution >= 4 is 69.1 Å². The van der Waals surface area contributed by atoms with Crippen LogP contribution in [0.2, 0.25) is 10.0 Å². The molecule has 2 aliphatic heterocycles. The molecule has 9 heteroatoms. The highest BCUT2D eigenvalue weighted by Gasteiger charge is 2.41. The van der Waals surface area contributed by atoms with Crippen molar-refractivity contribution in [1.29, 1.82) is 0 Å². The van der Waals surface area contributed by atoms with E-state index in [1.165, 1.54) is 4.88 Å². The van der Waals surface area contributed by atoms with Crippen LogP contribution < -0.4 is 10.2 Å². The van der Waals surface area contributed by atoms with Gasteiger partial charge in [0, 0.05) is 26.2 Å². The fourth-order valence-corrected chi connectivity index (χ4v) is 6.38. The number of amidine groups is 2. The molecule has 2 aromatic heterocycles. The van der Waals surface area contributed by atoms with Gasteiger partial charge < -0.3 is 10.2 Å². The van der Waals surface area contributed by atoms with Gasteiger partial charge in [-0.05, 0) is 60.8 Å². The van der Waals surface area contributed by atoms with Crippen molar-refractivity contribution in [3.63, 3.8) is 0 Å². The first kappa shape index (κ1) is 23.2. The van der Waals surface area contributed by atoms with Crippen LogP contribution in [0.1, 0.15) is 22.2 Å². The quantitative estimate of drug-likeness (QED) is 0.244. The van der Waals surface area contributed by atoms with Crippen molar-refractivity contribution in [3.8, 4) is 5.69 Å². The number of aromatic nitrogens is 2. The van der Waals surface area contributed by atoms with E-state index < -0.39 is 0 Å². The molecule has 1 atom stereocenters. The maximum Gasteiger partial charge on any atom is 0.179 e. The summed E-state index contributed by atoms with van der Waals surface area (Å²) in [5.74, 6) is 2.09. The molecule has 0 unspecified atom stereocenters.